The predicted molar refractivity (Wildman–Crippen MR) is 76.8 cm³/mol. The number of ether oxygens (including phenoxy) is 1. The molecule has 1 aliphatic rings. The molecule has 18 heavy (non-hydrogen) atoms. The van der Waals surface area contributed by atoms with Crippen molar-refractivity contribution >= 4 is 0 Å². The molecule has 0 aromatic carbocycles. The lowest BCUT2D eigenvalue weighted by Gasteiger charge is -2.38. The van der Waals surface area contributed by atoms with Gasteiger partial charge in [0.2, 0.25) is 0 Å². The van der Waals surface area contributed by atoms with Crippen molar-refractivity contribution in [3.05, 3.63) is 0 Å². The zero-order valence-corrected chi connectivity index (χ0v) is 12.4. The van der Waals surface area contributed by atoms with Crippen LogP contribution < -0.4 is 5.73 Å². The Labute approximate surface area is 112 Å². The summed E-state index contributed by atoms with van der Waals surface area (Å²) < 4.78 is 5.64. The Bertz CT molecular complexity index is 199. The molecule has 0 aliphatic carbocycles. The quantitative estimate of drug-likeness (QED) is 0.659. The zero-order chi connectivity index (χ0) is 13.4. The van der Waals surface area contributed by atoms with Gasteiger partial charge in [0.05, 0.1) is 6.61 Å². The maximum atomic E-state index is 5.80. The molecule has 1 atom stereocenters. The molecule has 1 unspecified atom stereocenters. The van der Waals surface area contributed by atoms with E-state index >= 15 is 0 Å². The summed E-state index contributed by atoms with van der Waals surface area (Å²) in [6.45, 7) is 14.8. The maximum absolute atomic E-state index is 5.80. The highest BCUT2D eigenvalue weighted by Gasteiger charge is 2.21. The minimum atomic E-state index is 0.573. The van der Waals surface area contributed by atoms with Gasteiger partial charge in [0.15, 0.2) is 0 Å². The fraction of sp³-hybridized carbons (Fsp3) is 1.00. The first-order valence-electron chi connectivity index (χ1n) is 7.41. The van der Waals surface area contributed by atoms with E-state index in [9.17, 15) is 0 Å². The van der Waals surface area contributed by atoms with Crippen LogP contribution in [-0.2, 0) is 4.74 Å². The Morgan fingerprint density at radius 2 is 1.83 bits per heavy atom. The summed E-state index contributed by atoms with van der Waals surface area (Å²) in [6, 6.07) is 0.573. The number of rotatable bonds is 8. The third-order valence-electron chi connectivity index (χ3n) is 3.67. The second kappa shape index (κ2) is 8.86. The van der Waals surface area contributed by atoms with E-state index < -0.39 is 0 Å². The maximum Gasteiger partial charge on any atom is 0.0593 e. The molecule has 2 N–H and O–H groups in total. The van der Waals surface area contributed by atoms with E-state index in [1.54, 1.807) is 0 Å². The summed E-state index contributed by atoms with van der Waals surface area (Å²) in [4.78, 5) is 5.03. The molecule has 1 aliphatic heterocycles. The van der Waals surface area contributed by atoms with Crippen LogP contribution in [0.5, 0.6) is 0 Å². The molecule has 1 fully saturated rings. The van der Waals surface area contributed by atoms with E-state index in [1.807, 2.05) is 0 Å². The van der Waals surface area contributed by atoms with Crippen molar-refractivity contribution in [2.75, 3.05) is 52.5 Å². The van der Waals surface area contributed by atoms with Crippen LogP contribution in [0.15, 0.2) is 0 Å². The second-order valence-electron chi connectivity index (χ2n) is 5.64. The molecule has 0 amide bonds. The summed E-state index contributed by atoms with van der Waals surface area (Å²) in [7, 11) is 0. The first kappa shape index (κ1) is 15.9. The highest BCUT2D eigenvalue weighted by atomic mass is 16.5. The van der Waals surface area contributed by atoms with E-state index in [-0.39, 0.29) is 0 Å². The SMILES string of the molecule is CCC(CN)N1CCN(CCOCC(C)C)CC1. The highest BCUT2D eigenvalue weighted by molar-refractivity contribution is 4.78. The Hall–Kier alpha value is -0.160. The topological polar surface area (TPSA) is 41.7 Å². The molecule has 108 valence electrons. The summed E-state index contributed by atoms with van der Waals surface area (Å²) in [5, 5.41) is 0. The lowest BCUT2D eigenvalue weighted by Crippen LogP contribution is -2.52. The van der Waals surface area contributed by atoms with Crippen LogP contribution in [-0.4, -0.2) is 68.3 Å². The fourth-order valence-corrected chi connectivity index (χ4v) is 2.44. The first-order chi connectivity index (χ1) is 8.67. The van der Waals surface area contributed by atoms with Gasteiger partial charge in [0.25, 0.3) is 0 Å². The van der Waals surface area contributed by atoms with Gasteiger partial charge in [-0.05, 0) is 12.3 Å². The normalized spacial score (nSPS) is 20.5. The number of hydrogen-bond donors (Lipinski definition) is 1. The minimum absolute atomic E-state index is 0.573. The minimum Gasteiger partial charge on any atom is -0.380 e. The van der Waals surface area contributed by atoms with E-state index in [4.69, 9.17) is 10.5 Å². The Balaban J connectivity index is 2.11. The van der Waals surface area contributed by atoms with E-state index in [0.717, 1.165) is 58.9 Å². The van der Waals surface area contributed by atoms with Gasteiger partial charge in [-0.3, -0.25) is 9.80 Å². The highest BCUT2D eigenvalue weighted by Crippen LogP contribution is 2.08. The molecule has 0 bridgehead atoms. The van der Waals surface area contributed by atoms with Crippen LogP contribution in [0.25, 0.3) is 0 Å². The van der Waals surface area contributed by atoms with Gasteiger partial charge in [-0.1, -0.05) is 20.8 Å². The molecule has 1 heterocycles. The van der Waals surface area contributed by atoms with Gasteiger partial charge in [0.1, 0.15) is 0 Å². The number of hydrogen-bond acceptors (Lipinski definition) is 4. The van der Waals surface area contributed by atoms with Crippen molar-refractivity contribution in [2.24, 2.45) is 11.7 Å². The van der Waals surface area contributed by atoms with E-state index in [2.05, 4.69) is 30.6 Å². The fourth-order valence-electron chi connectivity index (χ4n) is 2.44. The number of nitrogens with zero attached hydrogens (tertiary/aromatic N) is 2. The number of piperazine rings is 1. The third kappa shape index (κ3) is 5.65. The molecule has 0 radical (unpaired) electrons. The molecule has 0 aromatic heterocycles. The van der Waals surface area contributed by atoms with E-state index in [1.165, 1.54) is 0 Å². The van der Waals surface area contributed by atoms with Crippen LogP contribution in [0.1, 0.15) is 27.2 Å². The predicted octanol–water partition coefficient (Wildman–Crippen LogP) is 1.01. The van der Waals surface area contributed by atoms with Crippen molar-refractivity contribution in [3.63, 3.8) is 0 Å². The second-order valence-corrected chi connectivity index (χ2v) is 5.64. The van der Waals surface area contributed by atoms with Gasteiger partial charge in [-0.15, -0.1) is 0 Å². The van der Waals surface area contributed by atoms with Crippen molar-refractivity contribution in [1.29, 1.82) is 0 Å². The summed E-state index contributed by atoms with van der Waals surface area (Å²) >= 11 is 0. The smallest absolute Gasteiger partial charge is 0.0593 e. The molecule has 0 spiro atoms. The van der Waals surface area contributed by atoms with Crippen LogP contribution >= 0.6 is 0 Å². The van der Waals surface area contributed by atoms with Crippen molar-refractivity contribution in [2.45, 2.75) is 33.2 Å². The first-order valence-corrected chi connectivity index (χ1v) is 7.41. The molecule has 0 saturated carbocycles. The Morgan fingerprint density at radius 1 is 1.17 bits per heavy atom. The van der Waals surface area contributed by atoms with Crippen LogP contribution in [0.2, 0.25) is 0 Å². The largest absolute Gasteiger partial charge is 0.380 e. The van der Waals surface area contributed by atoms with Gasteiger partial charge in [0, 0.05) is 51.9 Å². The van der Waals surface area contributed by atoms with Crippen LogP contribution in [0, 0.1) is 5.92 Å². The molecule has 0 aromatic rings. The van der Waals surface area contributed by atoms with Crippen molar-refractivity contribution in [1.82, 2.24) is 9.80 Å². The van der Waals surface area contributed by atoms with Crippen LogP contribution in [0.4, 0.5) is 0 Å². The van der Waals surface area contributed by atoms with Gasteiger partial charge in [-0.25, -0.2) is 0 Å². The molecule has 4 nitrogen and oxygen atoms in total. The Kier molecular flexibility index (Phi) is 7.82. The summed E-state index contributed by atoms with van der Waals surface area (Å²) in [5.41, 5.74) is 5.80. The van der Waals surface area contributed by atoms with Gasteiger partial charge < -0.3 is 10.5 Å². The molecular weight excluding hydrogens is 226 g/mol. The standard InChI is InChI=1S/C14H31N3O/c1-4-14(11-15)17-7-5-16(6-8-17)9-10-18-12-13(2)3/h13-14H,4-12,15H2,1-3H3. The van der Waals surface area contributed by atoms with Crippen LogP contribution in [0.3, 0.4) is 0 Å². The number of nitrogens with two attached hydrogens (primary N) is 1. The summed E-state index contributed by atoms with van der Waals surface area (Å²) in [6.07, 6.45) is 1.16. The van der Waals surface area contributed by atoms with Gasteiger partial charge in [-0.2, -0.15) is 0 Å². The lowest BCUT2D eigenvalue weighted by molar-refractivity contribution is 0.0536. The monoisotopic (exact) mass is 257 g/mol. The summed E-state index contributed by atoms with van der Waals surface area (Å²) in [5.74, 6) is 0.636. The van der Waals surface area contributed by atoms with Gasteiger partial charge >= 0.3 is 0 Å². The molecule has 1 rings (SSSR count). The Morgan fingerprint density at radius 3 is 2.33 bits per heavy atom. The zero-order valence-electron chi connectivity index (χ0n) is 12.4. The van der Waals surface area contributed by atoms with E-state index in [0.29, 0.717) is 12.0 Å². The lowest BCUT2D eigenvalue weighted by atomic mass is 10.1. The third-order valence-corrected chi connectivity index (χ3v) is 3.67. The van der Waals surface area contributed by atoms with Crippen molar-refractivity contribution < 1.29 is 4.74 Å². The average molecular weight is 257 g/mol. The molecule has 4 heteroatoms. The van der Waals surface area contributed by atoms with Crippen molar-refractivity contribution in [3.8, 4) is 0 Å². The average Bonchev–Trinajstić information content (AvgIpc) is 2.37. The molecule has 1 saturated heterocycles. The molecular formula is C14H31N3O.